The molecule has 0 aliphatic rings. The third kappa shape index (κ3) is 8.86. The smallest absolute Gasteiger partial charge is 0.0897 e. The molecule has 2 unspecified atom stereocenters. The van der Waals surface area contributed by atoms with Crippen LogP contribution >= 0.6 is 0 Å². The van der Waals surface area contributed by atoms with Crippen molar-refractivity contribution < 1.29 is 9.84 Å². The zero-order valence-electron chi connectivity index (χ0n) is 13.5. The molecular formula is C16H31N3O2. The van der Waals surface area contributed by atoms with E-state index >= 15 is 0 Å². The molecule has 0 aromatic carbocycles. The summed E-state index contributed by atoms with van der Waals surface area (Å²) in [5.41, 5.74) is 0. The van der Waals surface area contributed by atoms with Gasteiger partial charge in [-0.05, 0) is 18.4 Å². The van der Waals surface area contributed by atoms with E-state index in [2.05, 4.69) is 24.3 Å². The maximum Gasteiger partial charge on any atom is 0.0897 e. The zero-order valence-corrected chi connectivity index (χ0v) is 13.5. The van der Waals surface area contributed by atoms with E-state index in [1.165, 1.54) is 19.3 Å². The van der Waals surface area contributed by atoms with Gasteiger partial charge in [0.2, 0.25) is 0 Å². The summed E-state index contributed by atoms with van der Waals surface area (Å²) in [5.74, 6) is 0.630. The Kier molecular flexibility index (Phi) is 10.1. The molecule has 1 heterocycles. The monoisotopic (exact) mass is 297 g/mol. The third-order valence-corrected chi connectivity index (χ3v) is 3.66. The fourth-order valence-corrected chi connectivity index (χ4v) is 2.22. The van der Waals surface area contributed by atoms with Crippen LogP contribution in [0, 0.1) is 5.92 Å². The van der Waals surface area contributed by atoms with Gasteiger partial charge < -0.3 is 15.2 Å². The standard InChI is InChI=1S/C16H31N3O2/c1-3-5-7-15(4-2)13-21-14-16(20)12-17-9-11-19-10-6-8-18-19/h6,8,10,15-17,20H,3-5,7,9,11-14H2,1-2H3. The van der Waals surface area contributed by atoms with Crippen molar-refractivity contribution in [2.75, 3.05) is 26.3 Å². The molecule has 2 N–H and O–H groups in total. The number of rotatable bonds is 13. The lowest BCUT2D eigenvalue weighted by Crippen LogP contribution is -2.33. The molecule has 122 valence electrons. The minimum atomic E-state index is -0.439. The highest BCUT2D eigenvalue weighted by Gasteiger charge is 2.08. The van der Waals surface area contributed by atoms with Gasteiger partial charge in [0.25, 0.3) is 0 Å². The minimum Gasteiger partial charge on any atom is -0.389 e. The minimum absolute atomic E-state index is 0.414. The van der Waals surface area contributed by atoms with Gasteiger partial charge in [-0.15, -0.1) is 0 Å². The summed E-state index contributed by atoms with van der Waals surface area (Å²) >= 11 is 0. The predicted octanol–water partition coefficient (Wildman–Crippen LogP) is 2.07. The molecule has 1 aromatic heterocycles. The van der Waals surface area contributed by atoms with Crippen molar-refractivity contribution in [1.82, 2.24) is 15.1 Å². The van der Waals surface area contributed by atoms with E-state index in [1.54, 1.807) is 6.20 Å². The van der Waals surface area contributed by atoms with Crippen LogP contribution in [0.3, 0.4) is 0 Å². The summed E-state index contributed by atoms with van der Waals surface area (Å²) in [6.07, 6.45) is 8.14. The van der Waals surface area contributed by atoms with E-state index in [0.29, 0.717) is 19.1 Å². The molecule has 0 radical (unpaired) electrons. The predicted molar refractivity (Wildman–Crippen MR) is 85.2 cm³/mol. The number of nitrogens with one attached hydrogen (secondary N) is 1. The zero-order chi connectivity index (χ0) is 15.3. The van der Waals surface area contributed by atoms with Gasteiger partial charge in [-0.25, -0.2) is 0 Å². The Bertz CT molecular complexity index is 330. The summed E-state index contributed by atoms with van der Waals surface area (Å²) in [7, 11) is 0. The molecule has 5 nitrogen and oxygen atoms in total. The number of nitrogens with zero attached hydrogens (tertiary/aromatic N) is 2. The van der Waals surface area contributed by atoms with Gasteiger partial charge in [-0.1, -0.05) is 33.1 Å². The van der Waals surface area contributed by atoms with Crippen LogP contribution in [0.5, 0.6) is 0 Å². The van der Waals surface area contributed by atoms with Gasteiger partial charge in [0.05, 0.1) is 19.3 Å². The molecule has 0 aliphatic carbocycles. The van der Waals surface area contributed by atoms with Crippen molar-refractivity contribution >= 4 is 0 Å². The van der Waals surface area contributed by atoms with Crippen LogP contribution in [0.1, 0.15) is 39.5 Å². The Morgan fingerprint density at radius 3 is 2.86 bits per heavy atom. The highest BCUT2D eigenvalue weighted by molar-refractivity contribution is 4.77. The number of hydrogen-bond acceptors (Lipinski definition) is 4. The number of unbranched alkanes of at least 4 members (excludes halogenated alkanes) is 1. The van der Waals surface area contributed by atoms with Crippen molar-refractivity contribution in [3.63, 3.8) is 0 Å². The van der Waals surface area contributed by atoms with E-state index in [9.17, 15) is 5.11 Å². The second kappa shape index (κ2) is 11.7. The molecule has 0 spiro atoms. The summed E-state index contributed by atoms with van der Waals surface area (Å²) in [6.45, 7) is 7.77. The second-order valence-electron chi connectivity index (χ2n) is 5.58. The summed E-state index contributed by atoms with van der Waals surface area (Å²) in [6, 6.07) is 1.91. The molecule has 1 aromatic rings. The van der Waals surface area contributed by atoms with Gasteiger partial charge in [0, 0.05) is 32.1 Å². The Morgan fingerprint density at radius 1 is 1.33 bits per heavy atom. The molecule has 0 aliphatic heterocycles. The quantitative estimate of drug-likeness (QED) is 0.547. The number of hydrogen-bond donors (Lipinski definition) is 2. The maximum atomic E-state index is 9.86. The molecule has 2 atom stereocenters. The Hall–Kier alpha value is -0.910. The van der Waals surface area contributed by atoms with Gasteiger partial charge in [0.1, 0.15) is 0 Å². The fourth-order valence-electron chi connectivity index (χ4n) is 2.22. The normalized spacial score (nSPS) is 14.2. The first-order valence-electron chi connectivity index (χ1n) is 8.20. The van der Waals surface area contributed by atoms with Crippen molar-refractivity contribution in [3.8, 4) is 0 Å². The molecule has 1 rings (SSSR count). The number of aromatic nitrogens is 2. The lowest BCUT2D eigenvalue weighted by molar-refractivity contribution is 0.0193. The summed E-state index contributed by atoms with van der Waals surface area (Å²) in [4.78, 5) is 0. The lowest BCUT2D eigenvalue weighted by Gasteiger charge is -2.17. The first kappa shape index (κ1) is 18.1. The van der Waals surface area contributed by atoms with Crippen LogP contribution < -0.4 is 5.32 Å². The second-order valence-corrected chi connectivity index (χ2v) is 5.58. The maximum absolute atomic E-state index is 9.86. The molecule has 0 amide bonds. The molecule has 0 saturated heterocycles. The van der Waals surface area contributed by atoms with Gasteiger partial charge >= 0.3 is 0 Å². The molecule has 0 fully saturated rings. The van der Waals surface area contributed by atoms with Crippen LogP contribution in [0.4, 0.5) is 0 Å². The van der Waals surface area contributed by atoms with E-state index in [-0.39, 0.29) is 0 Å². The average molecular weight is 297 g/mol. The van der Waals surface area contributed by atoms with Gasteiger partial charge in [-0.3, -0.25) is 4.68 Å². The SMILES string of the molecule is CCCCC(CC)COCC(O)CNCCn1cccn1. The van der Waals surface area contributed by atoms with E-state index in [1.807, 2.05) is 16.9 Å². The van der Waals surface area contributed by atoms with E-state index in [0.717, 1.165) is 26.1 Å². The van der Waals surface area contributed by atoms with Crippen molar-refractivity contribution in [3.05, 3.63) is 18.5 Å². The first-order valence-corrected chi connectivity index (χ1v) is 8.20. The van der Waals surface area contributed by atoms with Crippen molar-refractivity contribution in [2.24, 2.45) is 5.92 Å². The molecular weight excluding hydrogens is 266 g/mol. The van der Waals surface area contributed by atoms with Gasteiger partial charge in [0.15, 0.2) is 0 Å². The third-order valence-electron chi connectivity index (χ3n) is 3.66. The lowest BCUT2D eigenvalue weighted by atomic mass is 10.0. The Morgan fingerprint density at radius 2 is 2.19 bits per heavy atom. The highest BCUT2D eigenvalue weighted by Crippen LogP contribution is 2.12. The van der Waals surface area contributed by atoms with E-state index in [4.69, 9.17) is 4.74 Å². The van der Waals surface area contributed by atoms with Crippen molar-refractivity contribution in [2.45, 2.75) is 52.2 Å². The molecule has 21 heavy (non-hydrogen) atoms. The van der Waals surface area contributed by atoms with E-state index < -0.39 is 6.10 Å². The summed E-state index contributed by atoms with van der Waals surface area (Å²) in [5, 5.41) is 17.2. The fraction of sp³-hybridized carbons (Fsp3) is 0.812. The average Bonchev–Trinajstić information content (AvgIpc) is 3.00. The molecule has 5 heteroatoms. The van der Waals surface area contributed by atoms with Crippen LogP contribution in [-0.4, -0.2) is 47.3 Å². The van der Waals surface area contributed by atoms with Crippen molar-refractivity contribution in [1.29, 1.82) is 0 Å². The topological polar surface area (TPSA) is 59.3 Å². The van der Waals surface area contributed by atoms with Gasteiger partial charge in [-0.2, -0.15) is 5.10 Å². The Balaban J connectivity index is 1.98. The van der Waals surface area contributed by atoms with Crippen LogP contribution in [0.15, 0.2) is 18.5 Å². The first-order chi connectivity index (χ1) is 10.3. The number of ether oxygens (including phenoxy) is 1. The summed E-state index contributed by atoms with van der Waals surface area (Å²) < 4.78 is 7.51. The largest absolute Gasteiger partial charge is 0.389 e. The van der Waals surface area contributed by atoms with Crippen LogP contribution in [-0.2, 0) is 11.3 Å². The van der Waals surface area contributed by atoms with Crippen LogP contribution in [0.2, 0.25) is 0 Å². The highest BCUT2D eigenvalue weighted by atomic mass is 16.5. The molecule has 0 saturated carbocycles. The number of aliphatic hydroxyl groups excluding tert-OH is 1. The number of aliphatic hydroxyl groups is 1. The molecule has 0 bridgehead atoms. The van der Waals surface area contributed by atoms with Crippen LogP contribution in [0.25, 0.3) is 0 Å². The Labute approximate surface area is 128 Å².